The molecule has 0 aromatic carbocycles. The van der Waals surface area contributed by atoms with Gasteiger partial charge in [-0.1, -0.05) is 13.8 Å². The molecular formula is C11H17O6Ti-. The van der Waals surface area contributed by atoms with E-state index in [1.165, 1.54) is 16.7 Å². The first kappa shape index (κ1) is 25.4. The zero-order valence-corrected chi connectivity index (χ0v) is 12.1. The van der Waals surface area contributed by atoms with Crippen molar-refractivity contribution in [1.29, 1.82) is 0 Å². The van der Waals surface area contributed by atoms with Crippen LogP contribution in [0.15, 0.2) is 16.7 Å². The molecule has 0 atom stereocenters. The monoisotopic (exact) mass is 293 g/mol. The van der Waals surface area contributed by atoms with Crippen molar-refractivity contribution in [2.45, 2.75) is 27.2 Å². The first-order valence-electron chi connectivity index (χ1n) is 4.44. The Balaban J connectivity index is -0.0000000840. The van der Waals surface area contributed by atoms with Crippen molar-refractivity contribution in [3.8, 4) is 0 Å². The van der Waals surface area contributed by atoms with E-state index < -0.39 is 0 Å². The van der Waals surface area contributed by atoms with Gasteiger partial charge >= 0.3 is 0 Å². The molecule has 1 aliphatic rings. The second-order valence-electron chi connectivity index (χ2n) is 2.70. The predicted molar refractivity (Wildman–Crippen MR) is 61.5 cm³/mol. The van der Waals surface area contributed by atoms with E-state index in [9.17, 15) is 0 Å². The number of rotatable bonds is 0. The van der Waals surface area contributed by atoms with Crippen molar-refractivity contribution < 1.29 is 51.4 Å². The van der Waals surface area contributed by atoms with Gasteiger partial charge in [-0.15, -0.1) is 13.3 Å². The van der Waals surface area contributed by atoms with Crippen molar-refractivity contribution >= 4 is 19.4 Å². The predicted octanol–water partition coefficient (Wildman–Crippen LogP) is 1.58. The molecule has 0 unspecified atom stereocenters. The van der Waals surface area contributed by atoms with E-state index in [4.69, 9.17) is 29.7 Å². The van der Waals surface area contributed by atoms with Crippen LogP contribution in [0, 0.1) is 6.08 Å². The molecule has 0 saturated carbocycles. The summed E-state index contributed by atoms with van der Waals surface area (Å²) in [5, 5.41) is 20.7. The number of hydrogen-bond donors (Lipinski definition) is 3. The fraction of sp³-hybridized carbons (Fsp3) is 0.364. The van der Waals surface area contributed by atoms with Crippen LogP contribution in [-0.4, -0.2) is 34.7 Å². The molecule has 1 aliphatic carbocycles. The zero-order chi connectivity index (χ0) is 14.3. The van der Waals surface area contributed by atoms with Crippen molar-refractivity contribution in [3.63, 3.8) is 0 Å². The van der Waals surface area contributed by atoms with Gasteiger partial charge in [0, 0.05) is 21.7 Å². The van der Waals surface area contributed by atoms with Crippen LogP contribution in [0.2, 0.25) is 0 Å². The summed E-state index contributed by atoms with van der Waals surface area (Å²) in [4.78, 5) is 25.1. The average Bonchev–Trinajstić information content (AvgIpc) is 2.53. The minimum Gasteiger partial charge on any atom is -0.483 e. The van der Waals surface area contributed by atoms with Crippen LogP contribution in [0.25, 0.3) is 0 Å². The molecule has 0 amide bonds. The van der Waals surface area contributed by atoms with Gasteiger partial charge < -0.3 is 15.3 Å². The van der Waals surface area contributed by atoms with Crippen molar-refractivity contribution in [2.75, 3.05) is 0 Å². The Hall–Kier alpha value is -1.40. The molecule has 102 valence electrons. The standard InChI is InChI=1S/C8H11.3CH2O2.Ti/c1-6-4-5-7(2)8(6)3;3*2-1-3;/h4H2,1-3H3;3*1H,(H,2,3);/q-1;;;;. The summed E-state index contributed by atoms with van der Waals surface area (Å²) in [7, 11) is 0. The first-order chi connectivity index (χ1) is 7.96. The number of allylic oxidation sites excluding steroid dienone is 4. The molecule has 18 heavy (non-hydrogen) atoms. The summed E-state index contributed by atoms with van der Waals surface area (Å²) < 4.78 is 0. The van der Waals surface area contributed by atoms with Crippen molar-refractivity contribution in [1.82, 2.24) is 0 Å². The van der Waals surface area contributed by atoms with Gasteiger partial charge in [-0.05, 0) is 0 Å². The Kier molecular flexibility index (Phi) is 29.6. The third-order valence-electron chi connectivity index (χ3n) is 1.82. The Morgan fingerprint density at radius 1 is 0.944 bits per heavy atom. The van der Waals surface area contributed by atoms with Gasteiger partial charge in [0.05, 0.1) is 0 Å². The van der Waals surface area contributed by atoms with Gasteiger partial charge in [0.25, 0.3) is 19.4 Å². The molecule has 0 radical (unpaired) electrons. The van der Waals surface area contributed by atoms with E-state index in [0.29, 0.717) is 0 Å². The van der Waals surface area contributed by atoms with Gasteiger partial charge in [-0.3, -0.25) is 20.5 Å². The minimum absolute atomic E-state index is 0. The van der Waals surface area contributed by atoms with E-state index in [-0.39, 0.29) is 41.1 Å². The largest absolute Gasteiger partial charge is 0.483 e. The van der Waals surface area contributed by atoms with E-state index >= 15 is 0 Å². The van der Waals surface area contributed by atoms with E-state index in [1.807, 2.05) is 0 Å². The average molecular weight is 293 g/mol. The molecule has 0 aliphatic heterocycles. The van der Waals surface area contributed by atoms with Gasteiger partial charge in [0.1, 0.15) is 0 Å². The molecule has 0 bridgehead atoms. The molecule has 0 spiro atoms. The Morgan fingerprint density at radius 2 is 1.22 bits per heavy atom. The molecular weight excluding hydrogens is 276 g/mol. The maximum atomic E-state index is 8.36. The summed E-state index contributed by atoms with van der Waals surface area (Å²) in [6.45, 7) is 5.69. The number of hydrogen-bond acceptors (Lipinski definition) is 3. The van der Waals surface area contributed by atoms with Crippen LogP contribution in [0.5, 0.6) is 0 Å². The van der Waals surface area contributed by atoms with Gasteiger partial charge in [0.2, 0.25) is 0 Å². The van der Waals surface area contributed by atoms with Crippen LogP contribution >= 0.6 is 0 Å². The molecule has 0 heterocycles. The number of carbonyl (C=O) groups is 3. The SMILES string of the molecule is CC1=[C-]CC(C)=C1C.O=CO.O=CO.O=CO.[Ti]. The third-order valence-corrected chi connectivity index (χ3v) is 1.82. The third kappa shape index (κ3) is 20.1. The maximum absolute atomic E-state index is 8.36. The second kappa shape index (κ2) is 20.9. The molecule has 0 fully saturated rings. The van der Waals surface area contributed by atoms with Gasteiger partial charge in [-0.25, -0.2) is 5.57 Å². The topological polar surface area (TPSA) is 112 Å². The summed E-state index contributed by atoms with van der Waals surface area (Å²) in [5.74, 6) is 0. The molecule has 0 saturated heterocycles. The van der Waals surface area contributed by atoms with Crippen LogP contribution in [0.3, 0.4) is 0 Å². The quantitative estimate of drug-likeness (QED) is 0.355. The second-order valence-corrected chi connectivity index (χ2v) is 2.70. The van der Waals surface area contributed by atoms with Crippen LogP contribution in [-0.2, 0) is 36.1 Å². The zero-order valence-electron chi connectivity index (χ0n) is 10.5. The Morgan fingerprint density at radius 3 is 1.28 bits per heavy atom. The first-order valence-corrected chi connectivity index (χ1v) is 4.44. The molecule has 6 nitrogen and oxygen atoms in total. The van der Waals surface area contributed by atoms with Crippen LogP contribution < -0.4 is 0 Å². The molecule has 0 aromatic rings. The van der Waals surface area contributed by atoms with E-state index in [1.54, 1.807) is 0 Å². The van der Waals surface area contributed by atoms with Gasteiger partial charge in [0.15, 0.2) is 0 Å². The summed E-state index contributed by atoms with van der Waals surface area (Å²) in [6, 6.07) is 0. The summed E-state index contributed by atoms with van der Waals surface area (Å²) in [6.07, 6.45) is 4.31. The smallest absolute Gasteiger partial charge is 0.290 e. The van der Waals surface area contributed by atoms with Crippen LogP contribution in [0.4, 0.5) is 0 Å². The molecule has 3 N–H and O–H groups in total. The summed E-state index contributed by atoms with van der Waals surface area (Å²) >= 11 is 0. The molecule has 1 rings (SSSR count). The van der Waals surface area contributed by atoms with Crippen molar-refractivity contribution in [2.24, 2.45) is 0 Å². The fourth-order valence-corrected chi connectivity index (χ4v) is 0.850. The maximum Gasteiger partial charge on any atom is 0.290 e. The van der Waals surface area contributed by atoms with Crippen LogP contribution in [0.1, 0.15) is 27.2 Å². The molecule has 7 heteroatoms. The Labute approximate surface area is 121 Å². The fourth-order valence-electron chi connectivity index (χ4n) is 0.850. The van der Waals surface area contributed by atoms with E-state index in [2.05, 4.69) is 26.8 Å². The Bertz CT molecular complexity index is 263. The van der Waals surface area contributed by atoms with E-state index in [0.717, 1.165) is 6.42 Å². The minimum atomic E-state index is -0.250. The molecule has 0 aromatic heterocycles. The van der Waals surface area contributed by atoms with Crippen molar-refractivity contribution in [3.05, 3.63) is 22.8 Å². The number of carboxylic acid groups (broad SMARTS) is 3. The van der Waals surface area contributed by atoms with Gasteiger partial charge in [-0.2, -0.15) is 11.1 Å². The summed E-state index contributed by atoms with van der Waals surface area (Å²) in [5.41, 5.74) is 4.25. The normalized spacial score (nSPS) is 10.7.